The third-order valence-electron chi connectivity index (χ3n) is 5.06. The van der Waals surface area contributed by atoms with Gasteiger partial charge in [-0.25, -0.2) is 0 Å². The van der Waals surface area contributed by atoms with Crippen molar-refractivity contribution < 1.29 is 14.7 Å². The van der Waals surface area contributed by atoms with E-state index in [9.17, 15) is 14.7 Å². The zero-order valence-corrected chi connectivity index (χ0v) is 16.3. The van der Waals surface area contributed by atoms with Crippen LogP contribution in [0.3, 0.4) is 0 Å². The van der Waals surface area contributed by atoms with E-state index in [1.54, 1.807) is 24.3 Å². The maximum atomic E-state index is 13.1. The summed E-state index contributed by atoms with van der Waals surface area (Å²) in [6.45, 7) is 6.53. The molecule has 1 heterocycles. The number of carbonyl (C=O) groups excluding carboxylic acids is 2. The van der Waals surface area contributed by atoms with E-state index >= 15 is 0 Å². The summed E-state index contributed by atoms with van der Waals surface area (Å²) >= 11 is 0. The van der Waals surface area contributed by atoms with Gasteiger partial charge in [-0.3, -0.25) is 9.59 Å². The van der Waals surface area contributed by atoms with Gasteiger partial charge in [-0.1, -0.05) is 32.0 Å². The first-order chi connectivity index (χ1) is 13.5. The Bertz CT molecular complexity index is 798. The number of phenols is 1. The summed E-state index contributed by atoms with van der Waals surface area (Å²) in [7, 11) is 0. The summed E-state index contributed by atoms with van der Waals surface area (Å²) in [4.78, 5) is 29.6. The van der Waals surface area contributed by atoms with Crippen LogP contribution in [0.25, 0.3) is 0 Å². The van der Waals surface area contributed by atoms with E-state index in [2.05, 4.69) is 10.2 Å². The largest absolute Gasteiger partial charge is 0.508 e. The van der Waals surface area contributed by atoms with Crippen molar-refractivity contribution in [1.29, 1.82) is 0 Å². The van der Waals surface area contributed by atoms with Crippen LogP contribution in [0.2, 0.25) is 0 Å². The normalized spacial score (nSPS) is 15.4. The van der Waals surface area contributed by atoms with E-state index in [4.69, 9.17) is 0 Å². The van der Waals surface area contributed by atoms with Gasteiger partial charge in [0.05, 0.1) is 0 Å². The minimum absolute atomic E-state index is 0.00436. The molecule has 0 saturated carbocycles. The highest BCUT2D eigenvalue weighted by atomic mass is 16.3. The van der Waals surface area contributed by atoms with Crippen LogP contribution in [0.4, 0.5) is 5.69 Å². The van der Waals surface area contributed by atoms with Gasteiger partial charge in [-0.15, -0.1) is 0 Å². The fourth-order valence-electron chi connectivity index (χ4n) is 3.37. The molecular formula is C22H27N3O3. The molecule has 2 amide bonds. The second kappa shape index (κ2) is 8.78. The van der Waals surface area contributed by atoms with Crippen molar-refractivity contribution >= 4 is 17.5 Å². The molecule has 0 spiro atoms. The number of hydrogen-bond donors (Lipinski definition) is 2. The number of piperazine rings is 1. The molecular weight excluding hydrogens is 354 g/mol. The van der Waals surface area contributed by atoms with Gasteiger partial charge >= 0.3 is 0 Å². The summed E-state index contributed by atoms with van der Waals surface area (Å²) in [6.07, 6.45) is 0. The highest BCUT2D eigenvalue weighted by molar-refractivity contribution is 5.97. The van der Waals surface area contributed by atoms with Gasteiger partial charge in [-0.05, 0) is 42.3 Å². The molecule has 0 unspecified atom stereocenters. The van der Waals surface area contributed by atoms with Gasteiger partial charge in [0.1, 0.15) is 11.8 Å². The fraction of sp³-hybridized carbons (Fsp3) is 0.364. The summed E-state index contributed by atoms with van der Waals surface area (Å²) in [5.74, 6) is -0.0261. The zero-order chi connectivity index (χ0) is 20.1. The van der Waals surface area contributed by atoms with Crippen molar-refractivity contribution in [3.05, 3.63) is 60.2 Å². The van der Waals surface area contributed by atoms with Crippen LogP contribution in [-0.4, -0.2) is 54.0 Å². The van der Waals surface area contributed by atoms with E-state index in [1.807, 2.05) is 49.1 Å². The van der Waals surface area contributed by atoms with Crippen molar-refractivity contribution in [2.24, 2.45) is 5.92 Å². The number of aromatic hydroxyl groups is 1. The van der Waals surface area contributed by atoms with Crippen LogP contribution in [0, 0.1) is 5.92 Å². The Morgan fingerprint density at radius 2 is 1.54 bits per heavy atom. The molecule has 1 atom stereocenters. The fourth-order valence-corrected chi connectivity index (χ4v) is 3.37. The van der Waals surface area contributed by atoms with Crippen LogP contribution in [0.1, 0.15) is 24.2 Å². The number of rotatable bonds is 5. The third kappa shape index (κ3) is 4.63. The Morgan fingerprint density at radius 1 is 0.929 bits per heavy atom. The molecule has 2 aromatic rings. The molecule has 1 fully saturated rings. The Hall–Kier alpha value is -3.02. The lowest BCUT2D eigenvalue weighted by Gasteiger charge is -2.38. The SMILES string of the molecule is CC(C)[C@@H](NC(=O)c1ccccc1)C(=O)N1CCN(c2ccc(O)cc2)CC1. The van der Waals surface area contributed by atoms with Gasteiger partial charge in [0, 0.05) is 37.4 Å². The van der Waals surface area contributed by atoms with Crippen molar-refractivity contribution in [3.63, 3.8) is 0 Å². The Labute approximate surface area is 165 Å². The van der Waals surface area contributed by atoms with E-state index in [1.165, 1.54) is 0 Å². The molecule has 1 saturated heterocycles. The molecule has 2 aromatic carbocycles. The first-order valence-corrected chi connectivity index (χ1v) is 9.64. The maximum Gasteiger partial charge on any atom is 0.251 e. The van der Waals surface area contributed by atoms with Crippen LogP contribution in [0.15, 0.2) is 54.6 Å². The Balaban J connectivity index is 1.61. The van der Waals surface area contributed by atoms with E-state index in [0.29, 0.717) is 31.7 Å². The average Bonchev–Trinajstić information content (AvgIpc) is 2.72. The molecule has 1 aliphatic rings. The number of nitrogens with one attached hydrogen (secondary N) is 1. The van der Waals surface area contributed by atoms with Gasteiger partial charge < -0.3 is 20.2 Å². The van der Waals surface area contributed by atoms with Gasteiger partial charge in [0.25, 0.3) is 5.91 Å². The number of anilines is 1. The first kappa shape index (κ1) is 19.7. The third-order valence-corrected chi connectivity index (χ3v) is 5.06. The smallest absolute Gasteiger partial charge is 0.251 e. The van der Waals surface area contributed by atoms with Crippen LogP contribution >= 0.6 is 0 Å². The molecule has 1 aliphatic heterocycles. The predicted octanol–water partition coefficient (Wildman–Crippen LogP) is 2.50. The monoisotopic (exact) mass is 381 g/mol. The molecule has 2 N–H and O–H groups in total. The number of phenolic OH excluding ortho intramolecular Hbond substituents is 1. The van der Waals surface area contributed by atoms with Gasteiger partial charge in [0.2, 0.25) is 5.91 Å². The number of amides is 2. The summed E-state index contributed by atoms with van der Waals surface area (Å²) in [5.41, 5.74) is 1.58. The lowest BCUT2D eigenvalue weighted by molar-refractivity contribution is -0.134. The topological polar surface area (TPSA) is 72.9 Å². The molecule has 3 rings (SSSR count). The van der Waals surface area contributed by atoms with Crippen LogP contribution < -0.4 is 10.2 Å². The minimum atomic E-state index is -0.548. The molecule has 0 radical (unpaired) electrons. The van der Waals surface area contributed by atoms with Crippen molar-refractivity contribution in [2.75, 3.05) is 31.1 Å². The molecule has 6 nitrogen and oxygen atoms in total. The summed E-state index contributed by atoms with van der Waals surface area (Å²) in [6, 6.07) is 15.5. The molecule has 6 heteroatoms. The molecule has 148 valence electrons. The number of nitrogens with zero attached hydrogens (tertiary/aromatic N) is 2. The molecule has 0 aromatic heterocycles. The zero-order valence-electron chi connectivity index (χ0n) is 16.3. The lowest BCUT2D eigenvalue weighted by atomic mass is 10.0. The predicted molar refractivity (Wildman–Crippen MR) is 109 cm³/mol. The van der Waals surface area contributed by atoms with E-state index in [0.717, 1.165) is 5.69 Å². The number of benzene rings is 2. The number of hydrogen-bond acceptors (Lipinski definition) is 4. The van der Waals surface area contributed by atoms with E-state index < -0.39 is 6.04 Å². The second-order valence-electron chi connectivity index (χ2n) is 7.39. The van der Waals surface area contributed by atoms with Crippen molar-refractivity contribution in [3.8, 4) is 5.75 Å². The molecule has 0 aliphatic carbocycles. The minimum Gasteiger partial charge on any atom is -0.508 e. The molecule has 28 heavy (non-hydrogen) atoms. The summed E-state index contributed by atoms with van der Waals surface area (Å²) < 4.78 is 0. The average molecular weight is 381 g/mol. The standard InChI is InChI=1S/C22H27N3O3/c1-16(2)20(23-21(27)17-6-4-3-5-7-17)22(28)25-14-12-24(13-15-25)18-8-10-19(26)11-9-18/h3-11,16,20,26H,12-15H2,1-2H3,(H,23,27)/t20-/m1/s1. The highest BCUT2D eigenvalue weighted by Crippen LogP contribution is 2.20. The molecule has 0 bridgehead atoms. The van der Waals surface area contributed by atoms with Crippen molar-refractivity contribution in [2.45, 2.75) is 19.9 Å². The van der Waals surface area contributed by atoms with Gasteiger partial charge in [-0.2, -0.15) is 0 Å². The lowest BCUT2D eigenvalue weighted by Crippen LogP contribution is -2.56. The Kier molecular flexibility index (Phi) is 6.19. The van der Waals surface area contributed by atoms with Crippen LogP contribution in [-0.2, 0) is 4.79 Å². The summed E-state index contributed by atoms with van der Waals surface area (Å²) in [5, 5.41) is 12.3. The number of carbonyl (C=O) groups is 2. The van der Waals surface area contributed by atoms with E-state index in [-0.39, 0.29) is 23.5 Å². The Morgan fingerprint density at radius 3 is 2.11 bits per heavy atom. The van der Waals surface area contributed by atoms with Crippen molar-refractivity contribution in [1.82, 2.24) is 10.2 Å². The van der Waals surface area contributed by atoms with Crippen LogP contribution in [0.5, 0.6) is 5.75 Å². The quantitative estimate of drug-likeness (QED) is 0.835. The first-order valence-electron chi connectivity index (χ1n) is 9.64. The van der Waals surface area contributed by atoms with Gasteiger partial charge in [0.15, 0.2) is 0 Å². The maximum absolute atomic E-state index is 13.1. The second-order valence-corrected chi connectivity index (χ2v) is 7.39. The highest BCUT2D eigenvalue weighted by Gasteiger charge is 2.31.